The van der Waals surface area contributed by atoms with Crippen LogP contribution in [0.5, 0.6) is 0 Å². The van der Waals surface area contributed by atoms with Crippen LogP contribution >= 0.6 is 0 Å². The van der Waals surface area contributed by atoms with Crippen LogP contribution in [-0.4, -0.2) is 15.0 Å². The van der Waals surface area contributed by atoms with Gasteiger partial charge in [0.1, 0.15) is 0 Å². The first kappa shape index (κ1) is 7.34. The third-order valence-corrected chi connectivity index (χ3v) is 2.37. The second-order valence-electron chi connectivity index (χ2n) is 2.01. The zero-order valence-electron chi connectivity index (χ0n) is 5.66. The summed E-state index contributed by atoms with van der Waals surface area (Å²) in [6.07, 6.45) is 0. The van der Waals surface area contributed by atoms with Crippen LogP contribution in [0.4, 0.5) is 0 Å². The van der Waals surface area contributed by atoms with Crippen molar-refractivity contribution in [2.75, 3.05) is 0 Å². The molecule has 0 aliphatic carbocycles. The average molecular weight is 196 g/mol. The summed E-state index contributed by atoms with van der Waals surface area (Å²) in [7, 11) is 0. The number of nitrogens with zero attached hydrogens (tertiary/aromatic N) is 1. The Bertz CT molecular complexity index is 262. The van der Waals surface area contributed by atoms with Gasteiger partial charge >= 0.3 is 66.4 Å². The molecule has 0 fully saturated rings. The molecule has 0 heterocycles. The van der Waals surface area contributed by atoms with Crippen LogP contribution in [-0.2, 0) is 0 Å². The molecule has 0 saturated heterocycles. The molecule has 0 unspecified atom stereocenters. The van der Waals surface area contributed by atoms with Gasteiger partial charge in [-0.15, -0.1) is 0 Å². The van der Waals surface area contributed by atoms with Crippen LogP contribution in [0.15, 0.2) is 24.3 Å². The Labute approximate surface area is 66.8 Å². The summed E-state index contributed by atoms with van der Waals surface area (Å²) in [6.45, 7) is 2.04. The minimum absolute atomic E-state index is 0.00597. The SMILES string of the molecule is Cc1cccc([Se]C#N)c1. The van der Waals surface area contributed by atoms with E-state index in [0.29, 0.717) is 0 Å². The Morgan fingerprint density at radius 3 is 2.90 bits per heavy atom. The number of benzene rings is 1. The van der Waals surface area contributed by atoms with E-state index < -0.39 is 0 Å². The van der Waals surface area contributed by atoms with Gasteiger partial charge in [0.15, 0.2) is 0 Å². The van der Waals surface area contributed by atoms with Gasteiger partial charge in [-0.1, -0.05) is 0 Å². The van der Waals surface area contributed by atoms with Crippen molar-refractivity contribution in [1.29, 1.82) is 5.26 Å². The molecule has 0 radical (unpaired) electrons. The Morgan fingerprint density at radius 1 is 1.50 bits per heavy atom. The number of aryl methyl sites for hydroxylation is 1. The van der Waals surface area contributed by atoms with Crippen LogP contribution in [0.2, 0.25) is 0 Å². The van der Waals surface area contributed by atoms with Gasteiger partial charge < -0.3 is 0 Å². The molecule has 1 aromatic carbocycles. The van der Waals surface area contributed by atoms with Crippen molar-refractivity contribution in [3.05, 3.63) is 29.8 Å². The number of rotatable bonds is 1. The van der Waals surface area contributed by atoms with Crippen molar-refractivity contribution in [3.63, 3.8) is 0 Å². The van der Waals surface area contributed by atoms with Crippen LogP contribution in [0.1, 0.15) is 5.56 Å². The molecule has 50 valence electrons. The van der Waals surface area contributed by atoms with Gasteiger partial charge in [0.25, 0.3) is 0 Å². The van der Waals surface area contributed by atoms with Crippen LogP contribution in [0.25, 0.3) is 0 Å². The van der Waals surface area contributed by atoms with Crippen molar-refractivity contribution in [1.82, 2.24) is 0 Å². The number of hydrogen-bond acceptors (Lipinski definition) is 1. The van der Waals surface area contributed by atoms with Gasteiger partial charge in [-0.05, 0) is 0 Å². The Balaban J connectivity index is 2.87. The molecule has 1 aromatic rings. The van der Waals surface area contributed by atoms with Gasteiger partial charge in [-0.25, -0.2) is 0 Å². The Hall–Kier alpha value is -0.771. The summed E-state index contributed by atoms with van der Waals surface area (Å²) >= 11 is 0.00597. The molecule has 0 atom stereocenters. The van der Waals surface area contributed by atoms with E-state index in [0.717, 1.165) is 4.46 Å². The summed E-state index contributed by atoms with van der Waals surface area (Å²) in [5.74, 6) is 0. The van der Waals surface area contributed by atoms with Crippen LogP contribution in [0.3, 0.4) is 0 Å². The molecular formula is C8H7NSe. The third kappa shape index (κ3) is 1.88. The van der Waals surface area contributed by atoms with E-state index >= 15 is 0 Å². The molecule has 0 aromatic heterocycles. The first-order valence-corrected chi connectivity index (χ1v) is 4.67. The molecule has 10 heavy (non-hydrogen) atoms. The maximum atomic E-state index is 8.39. The van der Waals surface area contributed by atoms with Gasteiger partial charge in [-0.2, -0.15) is 0 Å². The van der Waals surface area contributed by atoms with Crippen molar-refractivity contribution in [2.24, 2.45) is 0 Å². The van der Waals surface area contributed by atoms with E-state index in [2.05, 4.69) is 11.0 Å². The van der Waals surface area contributed by atoms with Gasteiger partial charge in [0.05, 0.1) is 0 Å². The summed E-state index contributed by atoms with van der Waals surface area (Å²) in [6, 6.07) is 8.08. The normalized spacial score (nSPS) is 8.80. The van der Waals surface area contributed by atoms with Gasteiger partial charge in [0, 0.05) is 0 Å². The Kier molecular flexibility index (Phi) is 2.50. The quantitative estimate of drug-likeness (QED) is 0.609. The first-order valence-electron chi connectivity index (χ1n) is 2.95. The second kappa shape index (κ2) is 3.41. The number of nitriles is 1. The standard InChI is InChI=1S/C8H7NSe/c1-7-3-2-4-8(5-7)10-6-9/h2-5H,1H3. The van der Waals surface area contributed by atoms with Gasteiger partial charge in [-0.3, -0.25) is 0 Å². The fourth-order valence-corrected chi connectivity index (χ4v) is 1.77. The fourth-order valence-electron chi connectivity index (χ4n) is 0.732. The molecule has 0 spiro atoms. The average Bonchev–Trinajstić information content (AvgIpc) is 1.88. The minimum atomic E-state index is 0.00597. The molecule has 0 saturated carbocycles. The van der Waals surface area contributed by atoms with Crippen LogP contribution in [0, 0.1) is 17.2 Å². The van der Waals surface area contributed by atoms with Crippen molar-refractivity contribution in [3.8, 4) is 4.97 Å². The predicted octanol–water partition coefficient (Wildman–Crippen LogP) is 0.806. The van der Waals surface area contributed by atoms with E-state index in [1.54, 1.807) is 0 Å². The van der Waals surface area contributed by atoms with Gasteiger partial charge in [0.2, 0.25) is 0 Å². The van der Waals surface area contributed by atoms with Crippen molar-refractivity contribution < 1.29 is 0 Å². The summed E-state index contributed by atoms with van der Waals surface area (Å²) < 4.78 is 1.16. The second-order valence-corrected chi connectivity index (χ2v) is 3.81. The van der Waals surface area contributed by atoms with E-state index in [1.807, 2.05) is 25.1 Å². The summed E-state index contributed by atoms with van der Waals surface area (Å²) in [5, 5.41) is 8.39. The number of hydrogen-bond donors (Lipinski definition) is 0. The fraction of sp³-hybridized carbons (Fsp3) is 0.125. The molecule has 0 aliphatic rings. The first-order chi connectivity index (χ1) is 4.83. The zero-order valence-corrected chi connectivity index (χ0v) is 7.38. The molecular weight excluding hydrogens is 189 g/mol. The van der Waals surface area contributed by atoms with Crippen LogP contribution < -0.4 is 4.46 Å². The molecule has 0 bridgehead atoms. The third-order valence-electron chi connectivity index (χ3n) is 1.15. The topological polar surface area (TPSA) is 23.8 Å². The monoisotopic (exact) mass is 197 g/mol. The van der Waals surface area contributed by atoms with E-state index in [4.69, 9.17) is 5.26 Å². The molecule has 0 N–H and O–H groups in total. The maximum absolute atomic E-state index is 8.39. The van der Waals surface area contributed by atoms with E-state index in [1.165, 1.54) is 5.56 Å². The molecule has 1 rings (SSSR count). The molecule has 2 heteroatoms. The van der Waals surface area contributed by atoms with Crippen molar-refractivity contribution in [2.45, 2.75) is 6.92 Å². The molecule has 0 aliphatic heterocycles. The molecule has 0 amide bonds. The molecule has 1 nitrogen and oxygen atoms in total. The van der Waals surface area contributed by atoms with E-state index in [9.17, 15) is 0 Å². The zero-order chi connectivity index (χ0) is 7.40. The Morgan fingerprint density at radius 2 is 2.30 bits per heavy atom. The summed E-state index contributed by atoms with van der Waals surface area (Å²) in [5.41, 5.74) is 1.23. The predicted molar refractivity (Wildman–Crippen MR) is 42.2 cm³/mol. The van der Waals surface area contributed by atoms with E-state index in [-0.39, 0.29) is 15.0 Å². The van der Waals surface area contributed by atoms with Crippen molar-refractivity contribution >= 4 is 19.4 Å². The summed E-state index contributed by atoms with van der Waals surface area (Å²) in [4.78, 5) is 2.17.